The van der Waals surface area contributed by atoms with Gasteiger partial charge in [0.05, 0.1) is 23.6 Å². The Morgan fingerprint density at radius 1 is 1.11 bits per heavy atom. The highest BCUT2D eigenvalue weighted by molar-refractivity contribution is 7.89. The Balaban J connectivity index is 1.52. The number of aromatic nitrogens is 4. The summed E-state index contributed by atoms with van der Waals surface area (Å²) in [5.74, 6) is -0.218. The van der Waals surface area contributed by atoms with Crippen molar-refractivity contribution in [2.45, 2.75) is 39.0 Å². The average molecular weight is 498 g/mol. The normalized spacial score (nSPS) is 14.6. The Morgan fingerprint density at radius 2 is 1.83 bits per heavy atom. The van der Waals surface area contributed by atoms with Crippen molar-refractivity contribution in [1.29, 1.82) is 0 Å². The SMILES string of the molecule is Cc1cc(C)nc(-n2nc(C)c(CC(=O)Nc3cccc(S(=O)(=O)N4CCNC(=O)C4)c3)c2C)n1. The number of carbonyl (C=O) groups excluding carboxylic acids is 2. The second-order valence-corrected chi connectivity index (χ2v) is 10.4. The number of amides is 2. The molecule has 11 nitrogen and oxygen atoms in total. The van der Waals surface area contributed by atoms with Crippen LogP contribution in [0.2, 0.25) is 0 Å². The lowest BCUT2D eigenvalue weighted by molar-refractivity contribution is -0.122. The maximum absolute atomic E-state index is 12.9. The number of anilines is 1. The Bertz CT molecular complexity index is 1390. The topological polar surface area (TPSA) is 139 Å². The van der Waals surface area contributed by atoms with Crippen molar-refractivity contribution >= 4 is 27.5 Å². The van der Waals surface area contributed by atoms with E-state index in [1.165, 1.54) is 12.1 Å². The smallest absolute Gasteiger partial charge is 0.251 e. The Labute approximate surface area is 203 Å². The minimum absolute atomic E-state index is 0.0112. The van der Waals surface area contributed by atoms with Crippen molar-refractivity contribution in [2.75, 3.05) is 25.0 Å². The van der Waals surface area contributed by atoms with Crippen molar-refractivity contribution in [3.05, 3.63) is 58.7 Å². The molecule has 1 aliphatic rings. The average Bonchev–Trinajstić information content (AvgIpc) is 3.07. The van der Waals surface area contributed by atoms with E-state index in [4.69, 9.17) is 0 Å². The van der Waals surface area contributed by atoms with Crippen molar-refractivity contribution in [1.82, 2.24) is 29.4 Å². The molecule has 2 amide bonds. The molecular weight excluding hydrogens is 470 g/mol. The lowest BCUT2D eigenvalue weighted by Crippen LogP contribution is -2.49. The monoisotopic (exact) mass is 497 g/mol. The van der Waals surface area contributed by atoms with E-state index >= 15 is 0 Å². The van der Waals surface area contributed by atoms with Crippen LogP contribution in [0.4, 0.5) is 5.69 Å². The van der Waals surface area contributed by atoms with Crippen LogP contribution in [0, 0.1) is 27.7 Å². The first-order valence-electron chi connectivity index (χ1n) is 11.1. The van der Waals surface area contributed by atoms with Gasteiger partial charge in [-0.25, -0.2) is 23.1 Å². The molecule has 0 atom stereocenters. The van der Waals surface area contributed by atoms with Gasteiger partial charge in [-0.3, -0.25) is 9.59 Å². The fourth-order valence-electron chi connectivity index (χ4n) is 4.00. The summed E-state index contributed by atoms with van der Waals surface area (Å²) >= 11 is 0. The first-order chi connectivity index (χ1) is 16.5. The molecule has 1 aromatic carbocycles. The zero-order valence-corrected chi connectivity index (χ0v) is 20.8. The van der Waals surface area contributed by atoms with Crippen molar-refractivity contribution in [3.8, 4) is 5.95 Å². The van der Waals surface area contributed by atoms with E-state index in [2.05, 4.69) is 25.7 Å². The minimum atomic E-state index is -3.87. The van der Waals surface area contributed by atoms with Gasteiger partial charge in [0.15, 0.2) is 0 Å². The number of rotatable bonds is 6. The number of sulfonamides is 1. The molecule has 0 aliphatic carbocycles. The highest BCUT2D eigenvalue weighted by Gasteiger charge is 2.29. The van der Waals surface area contributed by atoms with E-state index in [0.29, 0.717) is 17.3 Å². The molecule has 2 N–H and O–H groups in total. The number of benzene rings is 1. The molecule has 3 aromatic rings. The summed E-state index contributed by atoms with van der Waals surface area (Å²) in [5.41, 5.74) is 4.16. The summed E-state index contributed by atoms with van der Waals surface area (Å²) in [6.07, 6.45) is 0.0474. The van der Waals surface area contributed by atoms with E-state index in [0.717, 1.165) is 27.0 Å². The molecule has 35 heavy (non-hydrogen) atoms. The Morgan fingerprint density at radius 3 is 2.51 bits per heavy atom. The summed E-state index contributed by atoms with van der Waals surface area (Å²) in [4.78, 5) is 33.4. The Hall–Kier alpha value is -3.64. The molecule has 184 valence electrons. The molecule has 0 bridgehead atoms. The van der Waals surface area contributed by atoms with Gasteiger partial charge in [-0.15, -0.1) is 0 Å². The largest absolute Gasteiger partial charge is 0.354 e. The number of nitrogens with one attached hydrogen (secondary N) is 2. The fourth-order valence-corrected chi connectivity index (χ4v) is 5.44. The Kier molecular flexibility index (Phi) is 6.68. The second-order valence-electron chi connectivity index (χ2n) is 8.45. The van der Waals surface area contributed by atoms with Gasteiger partial charge in [-0.2, -0.15) is 9.40 Å². The van der Waals surface area contributed by atoms with Crippen LogP contribution in [0.15, 0.2) is 35.2 Å². The molecule has 0 radical (unpaired) electrons. The number of carbonyl (C=O) groups is 2. The molecule has 4 rings (SSSR count). The van der Waals surface area contributed by atoms with Gasteiger partial charge in [0.1, 0.15) is 0 Å². The first kappa shape index (κ1) is 24.5. The van der Waals surface area contributed by atoms with Crippen LogP contribution in [0.5, 0.6) is 0 Å². The summed E-state index contributed by atoms with van der Waals surface area (Å²) in [7, 11) is -3.87. The quantitative estimate of drug-likeness (QED) is 0.522. The van der Waals surface area contributed by atoms with Crippen molar-refractivity contribution in [2.24, 2.45) is 0 Å². The molecule has 0 spiro atoms. The minimum Gasteiger partial charge on any atom is -0.354 e. The third-order valence-corrected chi connectivity index (χ3v) is 7.54. The van der Waals surface area contributed by atoms with E-state index in [-0.39, 0.29) is 42.8 Å². The van der Waals surface area contributed by atoms with E-state index < -0.39 is 10.0 Å². The number of aryl methyl sites for hydroxylation is 3. The third-order valence-electron chi connectivity index (χ3n) is 5.70. The molecule has 1 saturated heterocycles. The number of hydrogen-bond acceptors (Lipinski definition) is 7. The summed E-state index contributed by atoms with van der Waals surface area (Å²) < 4.78 is 28.6. The standard InChI is InChI=1S/C23H27N7O4S/c1-14-10-15(2)26-23(25-14)30-17(4)20(16(3)28-30)12-21(31)27-18-6-5-7-19(11-18)35(33,34)29-9-8-24-22(32)13-29/h5-7,10-11H,8-9,12-13H2,1-4H3,(H,24,32)(H,27,31). The van der Waals surface area contributed by atoms with Gasteiger partial charge in [-0.05, 0) is 52.0 Å². The van der Waals surface area contributed by atoms with Gasteiger partial charge in [0.25, 0.3) is 5.95 Å². The zero-order chi connectivity index (χ0) is 25.3. The van der Waals surface area contributed by atoms with Crippen LogP contribution in [-0.2, 0) is 26.0 Å². The van der Waals surface area contributed by atoms with Gasteiger partial charge in [-0.1, -0.05) is 6.07 Å². The van der Waals surface area contributed by atoms with Crippen LogP contribution in [-0.4, -0.2) is 63.9 Å². The second kappa shape index (κ2) is 9.55. The molecular formula is C23H27N7O4S. The molecule has 3 heterocycles. The highest BCUT2D eigenvalue weighted by atomic mass is 32.2. The fraction of sp³-hybridized carbons (Fsp3) is 0.348. The predicted octanol–water partition coefficient (Wildman–Crippen LogP) is 1.20. The number of nitrogens with zero attached hydrogens (tertiary/aromatic N) is 5. The van der Waals surface area contributed by atoms with Gasteiger partial charge >= 0.3 is 0 Å². The van der Waals surface area contributed by atoms with E-state index in [1.807, 2.05) is 33.8 Å². The van der Waals surface area contributed by atoms with Crippen molar-refractivity contribution in [3.63, 3.8) is 0 Å². The molecule has 12 heteroatoms. The molecule has 0 unspecified atom stereocenters. The molecule has 1 aliphatic heterocycles. The maximum Gasteiger partial charge on any atom is 0.251 e. The van der Waals surface area contributed by atoms with Crippen LogP contribution < -0.4 is 10.6 Å². The van der Waals surface area contributed by atoms with Gasteiger partial charge in [0.2, 0.25) is 21.8 Å². The molecule has 0 saturated carbocycles. The lowest BCUT2D eigenvalue weighted by Gasteiger charge is -2.26. The predicted molar refractivity (Wildman–Crippen MR) is 129 cm³/mol. The number of hydrogen-bond donors (Lipinski definition) is 2. The summed E-state index contributed by atoms with van der Waals surface area (Å²) in [6, 6.07) is 7.88. The summed E-state index contributed by atoms with van der Waals surface area (Å²) in [6.45, 7) is 7.65. The van der Waals surface area contributed by atoms with Crippen LogP contribution >= 0.6 is 0 Å². The molecule has 1 fully saturated rings. The molecule has 2 aromatic heterocycles. The highest BCUT2D eigenvalue weighted by Crippen LogP contribution is 2.22. The maximum atomic E-state index is 12.9. The number of piperazine rings is 1. The van der Waals surface area contributed by atoms with Crippen LogP contribution in [0.25, 0.3) is 5.95 Å². The van der Waals surface area contributed by atoms with Crippen LogP contribution in [0.1, 0.15) is 28.3 Å². The first-order valence-corrected chi connectivity index (χ1v) is 12.5. The van der Waals surface area contributed by atoms with E-state index in [1.54, 1.807) is 16.8 Å². The third kappa shape index (κ3) is 5.23. The van der Waals surface area contributed by atoms with Crippen LogP contribution in [0.3, 0.4) is 0 Å². The van der Waals surface area contributed by atoms with Crippen molar-refractivity contribution < 1.29 is 18.0 Å². The summed E-state index contributed by atoms with van der Waals surface area (Å²) in [5, 5.41) is 9.89. The van der Waals surface area contributed by atoms with Gasteiger partial charge in [0, 0.05) is 41.4 Å². The zero-order valence-electron chi connectivity index (χ0n) is 20.0. The van der Waals surface area contributed by atoms with Gasteiger partial charge < -0.3 is 10.6 Å². The lowest BCUT2D eigenvalue weighted by atomic mass is 10.1. The van der Waals surface area contributed by atoms with E-state index in [9.17, 15) is 18.0 Å².